The molecule has 0 N–H and O–H groups in total. The van der Waals surface area contributed by atoms with Crippen LogP contribution in [0.4, 0.5) is 11.4 Å². The first-order chi connectivity index (χ1) is 13.3. The minimum atomic E-state index is -0.474. The van der Waals surface area contributed by atoms with Gasteiger partial charge in [-0.25, -0.2) is 0 Å². The maximum Gasteiger partial charge on any atom is 0.270 e. The smallest absolute Gasteiger partial charge is 0.270 e. The number of nitro groups is 1. The van der Waals surface area contributed by atoms with E-state index in [-0.39, 0.29) is 11.6 Å². The second-order valence-corrected chi connectivity index (χ2v) is 7.22. The largest absolute Gasteiger partial charge is 0.377 e. The van der Waals surface area contributed by atoms with Crippen LogP contribution in [0.2, 0.25) is 0 Å². The van der Waals surface area contributed by atoms with Crippen molar-refractivity contribution in [3.05, 3.63) is 50.9 Å². The quantitative estimate of drug-likeness (QED) is 0.573. The molecule has 2 aromatic rings. The van der Waals surface area contributed by atoms with Crippen molar-refractivity contribution in [2.45, 2.75) is 20.4 Å². The Labute approximate surface area is 163 Å². The number of aromatic nitrogens is 1. The van der Waals surface area contributed by atoms with Crippen LogP contribution >= 0.6 is 0 Å². The first kappa shape index (κ1) is 19.8. The van der Waals surface area contributed by atoms with Gasteiger partial charge in [0.25, 0.3) is 11.6 Å². The Morgan fingerprint density at radius 3 is 2.46 bits per heavy atom. The van der Waals surface area contributed by atoms with Gasteiger partial charge < -0.3 is 14.3 Å². The predicted octanol–water partition coefficient (Wildman–Crippen LogP) is 2.22. The molecule has 0 bridgehead atoms. The number of non-ortho nitro benzene ring substituents is 1. The van der Waals surface area contributed by atoms with Crippen molar-refractivity contribution in [3.63, 3.8) is 0 Å². The van der Waals surface area contributed by atoms with Gasteiger partial charge in [-0.2, -0.15) is 0 Å². The molecule has 1 aromatic heterocycles. The summed E-state index contributed by atoms with van der Waals surface area (Å²) in [6.07, 6.45) is 0. The van der Waals surface area contributed by atoms with E-state index >= 15 is 0 Å². The lowest BCUT2D eigenvalue weighted by Gasteiger charge is -2.35. The number of aryl methyl sites for hydroxylation is 2. The summed E-state index contributed by atoms with van der Waals surface area (Å²) in [7, 11) is 3.64. The molecule has 1 aromatic carbocycles. The second-order valence-electron chi connectivity index (χ2n) is 7.22. The summed E-state index contributed by atoms with van der Waals surface area (Å²) in [5, 5.41) is 15.1. The summed E-state index contributed by atoms with van der Waals surface area (Å²) >= 11 is 0. The second kappa shape index (κ2) is 7.97. The van der Waals surface area contributed by atoms with Gasteiger partial charge in [0.1, 0.15) is 5.76 Å². The Bertz CT molecular complexity index is 865. The van der Waals surface area contributed by atoms with Crippen LogP contribution in [-0.4, -0.2) is 66.1 Å². The molecular weight excluding hydrogens is 362 g/mol. The SMILES string of the molecule is Cc1noc(C)c1CN1CCN(C(=O)c2cc([N+](=O)[O-])ccc2N(C)C)CC1. The summed E-state index contributed by atoms with van der Waals surface area (Å²) in [6.45, 7) is 7.15. The monoisotopic (exact) mass is 387 g/mol. The predicted molar refractivity (Wildman–Crippen MR) is 105 cm³/mol. The third-order valence-corrected chi connectivity index (χ3v) is 5.13. The number of hydrogen-bond donors (Lipinski definition) is 0. The number of rotatable bonds is 5. The van der Waals surface area contributed by atoms with Crippen molar-refractivity contribution in [2.24, 2.45) is 0 Å². The molecule has 1 aliphatic heterocycles. The van der Waals surface area contributed by atoms with Gasteiger partial charge >= 0.3 is 0 Å². The van der Waals surface area contributed by atoms with E-state index in [1.165, 1.54) is 12.1 Å². The number of nitro benzene ring substituents is 1. The molecule has 1 amide bonds. The molecule has 0 atom stereocenters. The standard InChI is InChI=1S/C19H25N5O4/c1-13-17(14(2)28-20-13)12-22-7-9-23(10-8-22)19(25)16-11-15(24(26)27)5-6-18(16)21(3)4/h5-6,11H,7-10,12H2,1-4H3. The minimum Gasteiger partial charge on any atom is -0.377 e. The average molecular weight is 387 g/mol. The van der Waals surface area contributed by atoms with Crippen LogP contribution in [0.25, 0.3) is 0 Å². The number of carbonyl (C=O) groups is 1. The molecule has 0 aliphatic carbocycles. The van der Waals surface area contributed by atoms with Gasteiger partial charge in [0, 0.05) is 70.2 Å². The lowest BCUT2D eigenvalue weighted by Crippen LogP contribution is -2.48. The molecule has 1 saturated heterocycles. The zero-order valence-corrected chi connectivity index (χ0v) is 16.6. The van der Waals surface area contributed by atoms with Crippen molar-refractivity contribution >= 4 is 17.3 Å². The Balaban J connectivity index is 1.71. The van der Waals surface area contributed by atoms with Crippen LogP contribution in [0, 0.1) is 24.0 Å². The highest BCUT2D eigenvalue weighted by Crippen LogP contribution is 2.26. The molecule has 1 aliphatic rings. The number of amides is 1. The van der Waals surface area contributed by atoms with Gasteiger partial charge in [-0.1, -0.05) is 5.16 Å². The van der Waals surface area contributed by atoms with E-state index in [0.717, 1.165) is 36.7 Å². The lowest BCUT2D eigenvalue weighted by molar-refractivity contribution is -0.384. The Hall–Kier alpha value is -2.94. The molecule has 0 radical (unpaired) electrons. The molecule has 0 saturated carbocycles. The highest BCUT2D eigenvalue weighted by Gasteiger charge is 2.27. The number of anilines is 1. The van der Waals surface area contributed by atoms with Gasteiger partial charge in [0.15, 0.2) is 0 Å². The maximum absolute atomic E-state index is 13.1. The minimum absolute atomic E-state index is 0.0778. The van der Waals surface area contributed by atoms with Gasteiger partial charge in [-0.15, -0.1) is 0 Å². The summed E-state index contributed by atoms with van der Waals surface area (Å²) < 4.78 is 5.22. The van der Waals surface area contributed by atoms with Crippen LogP contribution in [0.3, 0.4) is 0 Å². The van der Waals surface area contributed by atoms with Gasteiger partial charge in [-0.05, 0) is 19.9 Å². The average Bonchev–Trinajstić information content (AvgIpc) is 2.99. The highest BCUT2D eigenvalue weighted by molar-refractivity contribution is 6.00. The molecular formula is C19H25N5O4. The summed E-state index contributed by atoms with van der Waals surface area (Å²) in [6, 6.07) is 4.42. The van der Waals surface area contributed by atoms with Crippen molar-refractivity contribution in [3.8, 4) is 0 Å². The van der Waals surface area contributed by atoms with Gasteiger partial charge in [0.05, 0.1) is 16.2 Å². The Morgan fingerprint density at radius 1 is 1.25 bits per heavy atom. The van der Waals surface area contributed by atoms with Crippen molar-refractivity contribution in [1.82, 2.24) is 15.0 Å². The van der Waals surface area contributed by atoms with E-state index < -0.39 is 4.92 Å². The maximum atomic E-state index is 13.1. The topological polar surface area (TPSA) is 96.0 Å². The molecule has 0 spiro atoms. The summed E-state index contributed by atoms with van der Waals surface area (Å²) in [4.78, 5) is 29.5. The summed E-state index contributed by atoms with van der Waals surface area (Å²) in [5.74, 6) is 0.646. The fraction of sp³-hybridized carbons (Fsp3) is 0.474. The number of nitrogens with zero attached hydrogens (tertiary/aromatic N) is 5. The fourth-order valence-corrected chi connectivity index (χ4v) is 3.43. The number of carbonyl (C=O) groups excluding carboxylic acids is 1. The van der Waals surface area contributed by atoms with Crippen LogP contribution in [0.1, 0.15) is 27.4 Å². The molecule has 1 fully saturated rings. The summed E-state index contributed by atoms with van der Waals surface area (Å²) in [5.41, 5.74) is 2.94. The van der Waals surface area contributed by atoms with E-state index in [4.69, 9.17) is 4.52 Å². The van der Waals surface area contributed by atoms with E-state index in [2.05, 4.69) is 10.1 Å². The van der Waals surface area contributed by atoms with Crippen LogP contribution in [0.15, 0.2) is 22.7 Å². The van der Waals surface area contributed by atoms with Crippen molar-refractivity contribution < 1.29 is 14.2 Å². The molecule has 9 nitrogen and oxygen atoms in total. The van der Waals surface area contributed by atoms with Gasteiger partial charge in [-0.3, -0.25) is 19.8 Å². The van der Waals surface area contributed by atoms with Crippen molar-refractivity contribution in [2.75, 3.05) is 45.2 Å². The van der Waals surface area contributed by atoms with E-state index in [1.807, 2.05) is 27.9 Å². The molecule has 150 valence electrons. The van der Waals surface area contributed by atoms with Crippen LogP contribution < -0.4 is 4.90 Å². The first-order valence-corrected chi connectivity index (χ1v) is 9.17. The number of benzene rings is 1. The Kier molecular flexibility index (Phi) is 5.64. The molecule has 9 heteroatoms. The zero-order valence-electron chi connectivity index (χ0n) is 16.6. The normalized spacial score (nSPS) is 14.9. The van der Waals surface area contributed by atoms with Crippen LogP contribution in [-0.2, 0) is 6.54 Å². The number of piperazine rings is 1. The lowest BCUT2D eigenvalue weighted by atomic mass is 10.1. The molecule has 3 rings (SSSR count). The van der Waals surface area contributed by atoms with Gasteiger partial charge in [0.2, 0.25) is 0 Å². The van der Waals surface area contributed by atoms with E-state index in [9.17, 15) is 14.9 Å². The third kappa shape index (κ3) is 3.99. The van der Waals surface area contributed by atoms with E-state index in [0.29, 0.717) is 24.3 Å². The first-order valence-electron chi connectivity index (χ1n) is 9.17. The van der Waals surface area contributed by atoms with E-state index in [1.54, 1.807) is 15.9 Å². The third-order valence-electron chi connectivity index (χ3n) is 5.13. The van der Waals surface area contributed by atoms with Crippen LogP contribution in [0.5, 0.6) is 0 Å². The highest BCUT2D eigenvalue weighted by atomic mass is 16.6. The zero-order chi connectivity index (χ0) is 20.4. The fourth-order valence-electron chi connectivity index (χ4n) is 3.43. The molecule has 0 unspecified atom stereocenters. The molecule has 28 heavy (non-hydrogen) atoms. The molecule has 2 heterocycles. The number of hydrogen-bond acceptors (Lipinski definition) is 7. The Morgan fingerprint density at radius 2 is 1.93 bits per heavy atom. The van der Waals surface area contributed by atoms with Crippen molar-refractivity contribution in [1.29, 1.82) is 0 Å².